The zero-order valence-electron chi connectivity index (χ0n) is 13.3. The van der Waals surface area contributed by atoms with Crippen LogP contribution in [0.2, 0.25) is 0 Å². The summed E-state index contributed by atoms with van der Waals surface area (Å²) in [6, 6.07) is 6.48. The Balaban J connectivity index is 1.40. The van der Waals surface area contributed by atoms with Gasteiger partial charge < -0.3 is 10.2 Å². The van der Waals surface area contributed by atoms with E-state index < -0.39 is 0 Å². The molecular formula is C18H23N3OS. The summed E-state index contributed by atoms with van der Waals surface area (Å²) in [5, 5.41) is 3.17. The molecule has 1 aromatic heterocycles. The molecular weight excluding hydrogens is 306 g/mol. The number of aromatic nitrogens is 1. The highest BCUT2D eigenvalue weighted by atomic mass is 32.1. The molecule has 2 aliphatic heterocycles. The van der Waals surface area contributed by atoms with Crippen molar-refractivity contribution in [2.75, 3.05) is 19.6 Å². The molecule has 4 rings (SSSR count). The van der Waals surface area contributed by atoms with Crippen LogP contribution in [0, 0.1) is 5.92 Å². The monoisotopic (exact) mass is 329 g/mol. The lowest BCUT2D eigenvalue weighted by Gasteiger charge is -2.44. The number of piperidine rings is 2. The van der Waals surface area contributed by atoms with E-state index in [0.717, 1.165) is 22.3 Å². The summed E-state index contributed by atoms with van der Waals surface area (Å²) in [4.78, 5) is 19.4. The molecule has 122 valence electrons. The SMILES string of the molecule is O=C(NC[C@@H]1CCCN2CCCCC12)c1ccc2scnc2c1. The van der Waals surface area contributed by atoms with Crippen LogP contribution in [0.5, 0.6) is 0 Å². The van der Waals surface area contributed by atoms with Crippen LogP contribution in [0.25, 0.3) is 10.2 Å². The van der Waals surface area contributed by atoms with E-state index in [-0.39, 0.29) is 5.91 Å². The molecule has 0 bridgehead atoms. The molecule has 2 atom stereocenters. The maximum Gasteiger partial charge on any atom is 0.251 e. The Hall–Kier alpha value is -1.46. The van der Waals surface area contributed by atoms with Gasteiger partial charge in [-0.2, -0.15) is 0 Å². The highest BCUT2D eigenvalue weighted by molar-refractivity contribution is 7.16. The fraction of sp³-hybridized carbons (Fsp3) is 0.556. The summed E-state index contributed by atoms with van der Waals surface area (Å²) in [5.74, 6) is 0.642. The van der Waals surface area contributed by atoms with Crippen molar-refractivity contribution in [3.05, 3.63) is 29.3 Å². The van der Waals surface area contributed by atoms with Crippen LogP contribution in [-0.4, -0.2) is 41.5 Å². The number of amides is 1. The Bertz CT molecular complexity index is 696. The van der Waals surface area contributed by atoms with E-state index in [2.05, 4.69) is 15.2 Å². The molecule has 3 heterocycles. The zero-order chi connectivity index (χ0) is 15.6. The van der Waals surface area contributed by atoms with Gasteiger partial charge in [-0.1, -0.05) is 6.42 Å². The average Bonchev–Trinajstić information content (AvgIpc) is 3.07. The number of rotatable bonds is 3. The van der Waals surface area contributed by atoms with Crippen LogP contribution in [0.15, 0.2) is 23.7 Å². The van der Waals surface area contributed by atoms with E-state index in [0.29, 0.717) is 12.0 Å². The predicted octanol–water partition coefficient (Wildman–Crippen LogP) is 3.29. The third kappa shape index (κ3) is 3.12. The standard InChI is InChI=1S/C18H23N3OS/c22-18(13-6-7-17-15(10-13)20-12-23-17)19-11-14-4-3-9-21-8-2-1-5-16(14)21/h6-7,10,12,14,16H,1-5,8-9,11H2,(H,19,22)/t14-,16?/m0/s1. The molecule has 0 aliphatic carbocycles. The largest absolute Gasteiger partial charge is 0.352 e. The van der Waals surface area contributed by atoms with Gasteiger partial charge in [0.15, 0.2) is 0 Å². The first-order chi connectivity index (χ1) is 11.3. The van der Waals surface area contributed by atoms with Crippen molar-refractivity contribution in [1.29, 1.82) is 0 Å². The minimum Gasteiger partial charge on any atom is -0.352 e. The third-order valence-electron chi connectivity index (χ3n) is 5.35. The molecule has 23 heavy (non-hydrogen) atoms. The quantitative estimate of drug-likeness (QED) is 0.940. The van der Waals surface area contributed by atoms with Crippen LogP contribution in [-0.2, 0) is 0 Å². The van der Waals surface area contributed by atoms with Crippen molar-refractivity contribution >= 4 is 27.5 Å². The summed E-state index contributed by atoms with van der Waals surface area (Å²) < 4.78 is 1.13. The van der Waals surface area contributed by atoms with Crippen molar-refractivity contribution in [2.45, 2.75) is 38.1 Å². The Labute approximate surface area is 140 Å². The number of fused-ring (bicyclic) bond motifs is 2. The minimum absolute atomic E-state index is 0.0350. The number of nitrogens with zero attached hydrogens (tertiary/aromatic N) is 2. The van der Waals surface area contributed by atoms with E-state index >= 15 is 0 Å². The molecule has 1 aromatic carbocycles. The molecule has 4 nitrogen and oxygen atoms in total. The highest BCUT2D eigenvalue weighted by Gasteiger charge is 2.32. The fourth-order valence-electron chi connectivity index (χ4n) is 4.14. The number of carbonyl (C=O) groups excluding carboxylic acids is 1. The van der Waals surface area contributed by atoms with Crippen LogP contribution in [0.3, 0.4) is 0 Å². The second kappa shape index (κ2) is 6.57. The molecule has 1 N–H and O–H groups in total. The number of hydrogen-bond acceptors (Lipinski definition) is 4. The van der Waals surface area contributed by atoms with Gasteiger partial charge in [-0.15, -0.1) is 11.3 Å². The normalized spacial score (nSPS) is 25.2. The van der Waals surface area contributed by atoms with Crippen molar-refractivity contribution in [1.82, 2.24) is 15.2 Å². The van der Waals surface area contributed by atoms with E-state index in [1.54, 1.807) is 11.3 Å². The Morgan fingerprint density at radius 1 is 1.26 bits per heavy atom. The van der Waals surface area contributed by atoms with Gasteiger partial charge in [0.2, 0.25) is 0 Å². The molecule has 0 saturated carbocycles. The summed E-state index contributed by atoms with van der Waals surface area (Å²) in [6.45, 7) is 3.29. The maximum absolute atomic E-state index is 12.5. The smallest absolute Gasteiger partial charge is 0.251 e. The summed E-state index contributed by atoms with van der Waals surface area (Å²) in [6.07, 6.45) is 6.48. The van der Waals surface area contributed by atoms with Gasteiger partial charge in [0.25, 0.3) is 5.91 Å². The summed E-state index contributed by atoms with van der Waals surface area (Å²) >= 11 is 1.61. The molecule has 0 spiro atoms. The van der Waals surface area contributed by atoms with Crippen molar-refractivity contribution in [3.63, 3.8) is 0 Å². The van der Waals surface area contributed by atoms with Gasteiger partial charge >= 0.3 is 0 Å². The summed E-state index contributed by atoms with van der Waals surface area (Å²) in [5.41, 5.74) is 3.46. The second-order valence-electron chi connectivity index (χ2n) is 6.75. The second-order valence-corrected chi connectivity index (χ2v) is 7.63. The van der Waals surface area contributed by atoms with Gasteiger partial charge in [-0.25, -0.2) is 4.98 Å². The third-order valence-corrected chi connectivity index (χ3v) is 6.16. The van der Waals surface area contributed by atoms with E-state index in [4.69, 9.17) is 0 Å². The molecule has 2 fully saturated rings. The molecule has 2 aliphatic rings. The van der Waals surface area contributed by atoms with Gasteiger partial charge in [0.05, 0.1) is 15.7 Å². The first-order valence-electron chi connectivity index (χ1n) is 8.67. The Kier molecular flexibility index (Phi) is 4.31. The van der Waals surface area contributed by atoms with Gasteiger partial charge in [0, 0.05) is 18.2 Å². The van der Waals surface area contributed by atoms with Gasteiger partial charge in [0.1, 0.15) is 0 Å². The number of nitrogens with one attached hydrogen (secondary N) is 1. The minimum atomic E-state index is 0.0350. The van der Waals surface area contributed by atoms with E-state index in [1.165, 1.54) is 45.2 Å². The number of benzene rings is 1. The summed E-state index contributed by atoms with van der Waals surface area (Å²) in [7, 11) is 0. The zero-order valence-corrected chi connectivity index (χ0v) is 14.1. The lowest BCUT2D eigenvalue weighted by molar-refractivity contribution is 0.0575. The molecule has 2 aromatic rings. The van der Waals surface area contributed by atoms with Crippen LogP contribution in [0.1, 0.15) is 42.5 Å². The van der Waals surface area contributed by atoms with E-state index in [9.17, 15) is 4.79 Å². The van der Waals surface area contributed by atoms with Gasteiger partial charge in [-0.05, 0) is 62.9 Å². The molecule has 5 heteroatoms. The Morgan fingerprint density at radius 2 is 2.17 bits per heavy atom. The first-order valence-corrected chi connectivity index (χ1v) is 9.55. The highest BCUT2D eigenvalue weighted by Crippen LogP contribution is 2.30. The molecule has 1 amide bonds. The van der Waals surface area contributed by atoms with Crippen LogP contribution < -0.4 is 5.32 Å². The first kappa shape index (κ1) is 15.1. The Morgan fingerprint density at radius 3 is 3.13 bits per heavy atom. The number of thiazole rings is 1. The van der Waals surface area contributed by atoms with Crippen LogP contribution >= 0.6 is 11.3 Å². The van der Waals surface area contributed by atoms with Crippen molar-refractivity contribution in [3.8, 4) is 0 Å². The van der Waals surface area contributed by atoms with Gasteiger partial charge in [-0.3, -0.25) is 4.79 Å². The van der Waals surface area contributed by atoms with Crippen molar-refractivity contribution in [2.24, 2.45) is 5.92 Å². The fourth-order valence-corrected chi connectivity index (χ4v) is 4.80. The van der Waals surface area contributed by atoms with E-state index in [1.807, 2.05) is 23.7 Å². The lowest BCUT2D eigenvalue weighted by atomic mass is 9.83. The maximum atomic E-state index is 12.5. The predicted molar refractivity (Wildman–Crippen MR) is 93.9 cm³/mol. The lowest BCUT2D eigenvalue weighted by Crippen LogP contribution is -2.51. The molecule has 1 unspecified atom stereocenters. The topological polar surface area (TPSA) is 45.2 Å². The van der Waals surface area contributed by atoms with Crippen molar-refractivity contribution < 1.29 is 4.79 Å². The molecule has 2 saturated heterocycles. The number of hydrogen-bond donors (Lipinski definition) is 1. The molecule has 0 radical (unpaired) electrons. The van der Waals surface area contributed by atoms with Crippen LogP contribution in [0.4, 0.5) is 0 Å². The average molecular weight is 329 g/mol. The number of carbonyl (C=O) groups is 1.